The maximum absolute atomic E-state index is 9.62. The van der Waals surface area contributed by atoms with Crippen LogP contribution >= 0.6 is 0 Å². The molecule has 1 fully saturated rings. The third-order valence-electron chi connectivity index (χ3n) is 4.05. The minimum atomic E-state index is 0.200. The van der Waals surface area contributed by atoms with Gasteiger partial charge in [0.25, 0.3) is 0 Å². The largest absolute Gasteiger partial charge is 0.396 e. The highest BCUT2D eigenvalue weighted by Crippen LogP contribution is 2.38. The molecule has 2 N–H and O–H groups in total. The Hall–Kier alpha value is -0.0800. The molecule has 1 saturated heterocycles. The van der Waals surface area contributed by atoms with Crippen LogP contribution in [-0.4, -0.2) is 22.8 Å². The maximum Gasteiger partial charge on any atom is 0.0461 e. The molecular weight excluding hydrogens is 210 g/mol. The second-order valence-electron chi connectivity index (χ2n) is 7.15. The van der Waals surface area contributed by atoms with E-state index in [0.29, 0.717) is 18.4 Å². The van der Waals surface area contributed by atoms with E-state index in [4.69, 9.17) is 0 Å². The predicted molar refractivity (Wildman–Crippen MR) is 74.1 cm³/mol. The van der Waals surface area contributed by atoms with Crippen molar-refractivity contribution in [2.75, 3.05) is 6.61 Å². The van der Waals surface area contributed by atoms with Crippen molar-refractivity contribution >= 4 is 0 Å². The van der Waals surface area contributed by atoms with Crippen molar-refractivity contribution in [3.63, 3.8) is 0 Å². The van der Waals surface area contributed by atoms with E-state index < -0.39 is 0 Å². The van der Waals surface area contributed by atoms with Crippen LogP contribution in [0.2, 0.25) is 0 Å². The number of unbranched alkanes of at least 4 members (excludes halogenated alkanes) is 1. The van der Waals surface area contributed by atoms with Gasteiger partial charge in [0.15, 0.2) is 0 Å². The number of aliphatic hydroxyl groups excluding tert-OH is 1. The fourth-order valence-corrected chi connectivity index (χ4v) is 3.68. The Labute approximate surface area is 107 Å². The van der Waals surface area contributed by atoms with Crippen molar-refractivity contribution < 1.29 is 5.11 Å². The van der Waals surface area contributed by atoms with Gasteiger partial charge in [0.1, 0.15) is 0 Å². The summed E-state index contributed by atoms with van der Waals surface area (Å²) in [5, 5.41) is 13.3. The summed E-state index contributed by atoms with van der Waals surface area (Å²) in [4.78, 5) is 0. The molecule has 1 rings (SSSR count). The van der Waals surface area contributed by atoms with Gasteiger partial charge in [0.05, 0.1) is 0 Å². The fourth-order valence-electron chi connectivity index (χ4n) is 3.68. The molecular formula is C15H31NO. The molecule has 2 heteroatoms. The summed E-state index contributed by atoms with van der Waals surface area (Å²) < 4.78 is 0. The van der Waals surface area contributed by atoms with Gasteiger partial charge >= 0.3 is 0 Å². The number of nitrogens with one attached hydrogen (secondary N) is 1. The summed E-state index contributed by atoms with van der Waals surface area (Å²) in [5.74, 6) is 1.16. The van der Waals surface area contributed by atoms with E-state index >= 15 is 0 Å². The van der Waals surface area contributed by atoms with Gasteiger partial charge in [-0.3, -0.25) is 0 Å². The Morgan fingerprint density at radius 3 is 2.12 bits per heavy atom. The molecule has 17 heavy (non-hydrogen) atoms. The molecule has 0 aromatic rings. The average Bonchev–Trinajstić information content (AvgIpc) is 2.14. The summed E-state index contributed by atoms with van der Waals surface area (Å²) >= 11 is 0. The molecule has 102 valence electrons. The zero-order valence-electron chi connectivity index (χ0n) is 12.3. The third kappa shape index (κ3) is 4.59. The van der Waals surface area contributed by atoms with E-state index in [1.165, 1.54) is 32.1 Å². The van der Waals surface area contributed by atoms with E-state index in [9.17, 15) is 5.11 Å². The molecule has 0 aliphatic carbocycles. The Bertz CT molecular complexity index is 219. The van der Waals surface area contributed by atoms with Crippen molar-refractivity contribution in [1.29, 1.82) is 0 Å². The fraction of sp³-hybridized carbons (Fsp3) is 1.00. The Balaban J connectivity index is 2.67. The van der Waals surface area contributed by atoms with Crippen LogP contribution in [0.4, 0.5) is 0 Å². The van der Waals surface area contributed by atoms with Crippen LogP contribution in [0.3, 0.4) is 0 Å². The number of hydrogen-bond acceptors (Lipinski definition) is 2. The lowest BCUT2D eigenvalue weighted by atomic mass is 9.70. The maximum atomic E-state index is 9.62. The lowest BCUT2D eigenvalue weighted by molar-refractivity contribution is 0.0612. The van der Waals surface area contributed by atoms with Crippen LogP contribution in [0.1, 0.15) is 66.7 Å². The SMILES string of the molecule is CCCCC(CO)C1CC(C)(C)NC(C)(C)C1. The van der Waals surface area contributed by atoms with Gasteiger partial charge in [0.2, 0.25) is 0 Å². The standard InChI is InChI=1S/C15H31NO/c1-6-7-8-12(11-17)13-9-14(2,3)16-15(4,5)10-13/h12-13,16-17H,6-11H2,1-5H3. The summed E-state index contributed by atoms with van der Waals surface area (Å²) in [5.41, 5.74) is 0.401. The van der Waals surface area contributed by atoms with Gasteiger partial charge in [-0.05, 0) is 58.8 Å². The molecule has 0 aromatic carbocycles. The second-order valence-corrected chi connectivity index (χ2v) is 7.15. The molecule has 1 atom stereocenters. The quantitative estimate of drug-likeness (QED) is 0.773. The van der Waals surface area contributed by atoms with Gasteiger partial charge in [0, 0.05) is 17.7 Å². The summed E-state index contributed by atoms with van der Waals surface area (Å²) in [6.45, 7) is 11.7. The summed E-state index contributed by atoms with van der Waals surface area (Å²) in [6, 6.07) is 0. The molecule has 0 bridgehead atoms. The lowest BCUT2D eigenvalue weighted by Crippen LogP contribution is -2.58. The summed E-state index contributed by atoms with van der Waals surface area (Å²) in [7, 11) is 0. The molecule has 0 spiro atoms. The number of hydrogen-bond donors (Lipinski definition) is 2. The molecule has 1 aliphatic heterocycles. The second kappa shape index (κ2) is 5.71. The van der Waals surface area contributed by atoms with Crippen LogP contribution in [0.15, 0.2) is 0 Å². The number of aliphatic hydroxyl groups is 1. The normalized spacial score (nSPS) is 25.8. The molecule has 1 aliphatic rings. The van der Waals surface area contributed by atoms with Crippen LogP contribution in [-0.2, 0) is 0 Å². The molecule has 1 heterocycles. The van der Waals surface area contributed by atoms with Crippen LogP contribution in [0.5, 0.6) is 0 Å². The van der Waals surface area contributed by atoms with E-state index in [1.54, 1.807) is 0 Å². The zero-order chi connectivity index (χ0) is 13.1. The van der Waals surface area contributed by atoms with E-state index in [1.807, 2.05) is 0 Å². The van der Waals surface area contributed by atoms with Crippen LogP contribution in [0, 0.1) is 11.8 Å². The first-order valence-corrected chi connectivity index (χ1v) is 7.20. The van der Waals surface area contributed by atoms with Gasteiger partial charge in [-0.1, -0.05) is 19.8 Å². The summed E-state index contributed by atoms with van der Waals surface area (Å²) in [6.07, 6.45) is 6.03. The minimum absolute atomic E-state index is 0.200. The van der Waals surface area contributed by atoms with E-state index in [2.05, 4.69) is 39.9 Å². The Kier molecular flexibility index (Phi) is 5.03. The Morgan fingerprint density at radius 1 is 1.18 bits per heavy atom. The number of piperidine rings is 1. The minimum Gasteiger partial charge on any atom is -0.396 e. The molecule has 0 aromatic heterocycles. The van der Waals surface area contributed by atoms with Gasteiger partial charge in [-0.2, -0.15) is 0 Å². The molecule has 0 amide bonds. The van der Waals surface area contributed by atoms with Crippen molar-refractivity contribution in [3.8, 4) is 0 Å². The molecule has 0 saturated carbocycles. The van der Waals surface area contributed by atoms with E-state index in [0.717, 1.165) is 0 Å². The first-order chi connectivity index (χ1) is 7.79. The third-order valence-corrected chi connectivity index (χ3v) is 4.05. The zero-order valence-corrected chi connectivity index (χ0v) is 12.3. The number of rotatable bonds is 5. The first kappa shape index (κ1) is 15.0. The lowest BCUT2D eigenvalue weighted by Gasteiger charge is -2.48. The van der Waals surface area contributed by atoms with E-state index in [-0.39, 0.29) is 11.1 Å². The van der Waals surface area contributed by atoms with Crippen molar-refractivity contribution in [2.45, 2.75) is 77.8 Å². The predicted octanol–water partition coefficient (Wildman–Crippen LogP) is 3.34. The monoisotopic (exact) mass is 241 g/mol. The first-order valence-electron chi connectivity index (χ1n) is 7.20. The highest BCUT2D eigenvalue weighted by molar-refractivity contribution is 4.98. The highest BCUT2D eigenvalue weighted by atomic mass is 16.3. The smallest absolute Gasteiger partial charge is 0.0461 e. The van der Waals surface area contributed by atoms with Crippen LogP contribution in [0.25, 0.3) is 0 Å². The molecule has 1 unspecified atom stereocenters. The molecule has 2 nitrogen and oxygen atoms in total. The van der Waals surface area contributed by atoms with Gasteiger partial charge in [-0.25, -0.2) is 0 Å². The topological polar surface area (TPSA) is 32.3 Å². The van der Waals surface area contributed by atoms with Crippen molar-refractivity contribution in [3.05, 3.63) is 0 Å². The Morgan fingerprint density at radius 2 is 1.71 bits per heavy atom. The average molecular weight is 241 g/mol. The highest BCUT2D eigenvalue weighted by Gasteiger charge is 2.40. The van der Waals surface area contributed by atoms with Crippen molar-refractivity contribution in [2.24, 2.45) is 11.8 Å². The molecule has 0 radical (unpaired) electrons. The van der Waals surface area contributed by atoms with Gasteiger partial charge < -0.3 is 10.4 Å². The van der Waals surface area contributed by atoms with Crippen molar-refractivity contribution in [1.82, 2.24) is 5.32 Å². The van der Waals surface area contributed by atoms with Gasteiger partial charge in [-0.15, -0.1) is 0 Å². The van der Waals surface area contributed by atoms with Crippen LogP contribution < -0.4 is 5.32 Å².